The Hall–Kier alpha value is -1.38. The third-order valence-electron chi connectivity index (χ3n) is 3.88. The van der Waals surface area contributed by atoms with Crippen molar-refractivity contribution in [3.05, 3.63) is 48.0 Å². The summed E-state index contributed by atoms with van der Waals surface area (Å²) in [4.78, 5) is 2.15. The summed E-state index contributed by atoms with van der Waals surface area (Å²) >= 11 is 0. The molecular weight excluding hydrogens is 246 g/mol. The van der Waals surface area contributed by atoms with E-state index in [4.69, 9.17) is 0 Å². The summed E-state index contributed by atoms with van der Waals surface area (Å²) in [6.45, 7) is 5.02. The van der Waals surface area contributed by atoms with Gasteiger partial charge in [0, 0.05) is 12.5 Å². The Bertz CT molecular complexity index is 557. The first-order valence-electron chi connectivity index (χ1n) is 7.31. The van der Waals surface area contributed by atoms with Crippen molar-refractivity contribution >= 4 is 10.8 Å². The van der Waals surface area contributed by atoms with Gasteiger partial charge in [0.2, 0.25) is 0 Å². The molecule has 20 heavy (non-hydrogen) atoms. The number of nitrogens with zero attached hydrogens (tertiary/aromatic N) is 1. The van der Waals surface area contributed by atoms with Gasteiger partial charge >= 0.3 is 0 Å². The molecule has 0 radical (unpaired) electrons. The zero-order chi connectivity index (χ0) is 14.7. The fourth-order valence-electron chi connectivity index (χ4n) is 2.82. The largest absolute Gasteiger partial charge is 0.392 e. The molecule has 0 fully saturated rings. The summed E-state index contributed by atoms with van der Waals surface area (Å²) < 4.78 is 0. The van der Waals surface area contributed by atoms with E-state index in [1.54, 1.807) is 0 Å². The number of benzene rings is 2. The molecule has 0 heterocycles. The molecule has 0 saturated heterocycles. The van der Waals surface area contributed by atoms with Gasteiger partial charge in [0.05, 0.1) is 6.10 Å². The molecule has 0 spiro atoms. The van der Waals surface area contributed by atoms with E-state index in [-0.39, 0.29) is 17.9 Å². The fraction of sp³-hybridized carbons (Fsp3) is 0.444. The molecule has 0 unspecified atom stereocenters. The molecule has 0 saturated carbocycles. The minimum Gasteiger partial charge on any atom is -0.392 e. The maximum Gasteiger partial charge on any atom is 0.0644 e. The van der Waals surface area contributed by atoms with Crippen molar-refractivity contribution in [3.8, 4) is 0 Å². The summed E-state index contributed by atoms with van der Waals surface area (Å²) in [6, 6.07) is 14.8. The summed E-state index contributed by atoms with van der Waals surface area (Å²) in [5, 5.41) is 13.1. The molecule has 2 aromatic carbocycles. The maximum atomic E-state index is 10.6. The van der Waals surface area contributed by atoms with Crippen molar-refractivity contribution in [2.75, 3.05) is 20.6 Å². The van der Waals surface area contributed by atoms with Crippen LogP contribution in [0.2, 0.25) is 0 Å². The molecule has 0 bridgehead atoms. The van der Waals surface area contributed by atoms with Crippen LogP contribution in [-0.4, -0.2) is 36.8 Å². The van der Waals surface area contributed by atoms with E-state index in [1.807, 2.05) is 0 Å². The number of hydrogen-bond donors (Lipinski definition) is 1. The van der Waals surface area contributed by atoms with Gasteiger partial charge in [0.25, 0.3) is 0 Å². The molecule has 1 N–H and O–H groups in total. The van der Waals surface area contributed by atoms with Crippen molar-refractivity contribution in [2.45, 2.75) is 25.9 Å². The first kappa shape index (κ1) is 15.0. The topological polar surface area (TPSA) is 23.5 Å². The highest BCUT2D eigenvalue weighted by molar-refractivity contribution is 5.86. The summed E-state index contributed by atoms with van der Waals surface area (Å²) in [5.74, 6) is 0.384. The lowest BCUT2D eigenvalue weighted by atomic mass is 9.84. The molecule has 2 aromatic rings. The van der Waals surface area contributed by atoms with Gasteiger partial charge in [-0.05, 0) is 36.3 Å². The predicted octanol–water partition coefficient (Wildman–Crippen LogP) is 3.50. The Morgan fingerprint density at radius 3 is 2.30 bits per heavy atom. The Morgan fingerprint density at radius 2 is 1.65 bits per heavy atom. The Labute approximate surface area is 122 Å². The van der Waals surface area contributed by atoms with Crippen LogP contribution in [0.15, 0.2) is 42.5 Å². The van der Waals surface area contributed by atoms with E-state index < -0.39 is 0 Å². The lowest BCUT2D eigenvalue weighted by Gasteiger charge is -2.29. The van der Waals surface area contributed by atoms with E-state index in [0.717, 1.165) is 6.54 Å². The van der Waals surface area contributed by atoms with Crippen LogP contribution in [0, 0.1) is 5.92 Å². The van der Waals surface area contributed by atoms with Crippen molar-refractivity contribution in [2.24, 2.45) is 5.92 Å². The highest BCUT2D eigenvalue weighted by Crippen LogP contribution is 2.31. The minimum absolute atomic E-state index is 0.135. The zero-order valence-corrected chi connectivity index (χ0v) is 12.9. The van der Waals surface area contributed by atoms with E-state index in [2.05, 4.69) is 75.3 Å². The van der Waals surface area contributed by atoms with E-state index in [1.165, 1.54) is 16.3 Å². The van der Waals surface area contributed by atoms with Crippen LogP contribution in [-0.2, 0) is 0 Å². The standard InChI is InChI=1S/C18H25NO/c1-13(2)18(20)17(12-19(3)4)16-11-7-9-14-8-5-6-10-15(14)16/h5-11,13,17-18,20H,12H2,1-4H3/t17-,18+/m1/s1. The number of aliphatic hydroxyl groups is 1. The van der Waals surface area contributed by atoms with Gasteiger partial charge < -0.3 is 10.0 Å². The molecule has 2 rings (SSSR count). The number of likely N-dealkylation sites (N-methyl/N-ethyl adjacent to an activating group) is 1. The lowest BCUT2D eigenvalue weighted by molar-refractivity contribution is 0.0853. The molecule has 0 aliphatic rings. The van der Waals surface area contributed by atoms with Gasteiger partial charge in [-0.1, -0.05) is 56.3 Å². The second kappa shape index (κ2) is 6.38. The normalized spacial score (nSPS) is 14.9. The van der Waals surface area contributed by atoms with Crippen LogP contribution in [0.25, 0.3) is 10.8 Å². The average molecular weight is 271 g/mol. The third-order valence-corrected chi connectivity index (χ3v) is 3.88. The van der Waals surface area contributed by atoms with Gasteiger partial charge in [0.15, 0.2) is 0 Å². The van der Waals surface area contributed by atoms with Crippen molar-refractivity contribution < 1.29 is 5.11 Å². The van der Waals surface area contributed by atoms with Crippen molar-refractivity contribution in [1.29, 1.82) is 0 Å². The molecule has 0 aromatic heterocycles. The van der Waals surface area contributed by atoms with E-state index in [0.29, 0.717) is 0 Å². The highest BCUT2D eigenvalue weighted by Gasteiger charge is 2.25. The second-order valence-electron chi connectivity index (χ2n) is 6.17. The van der Waals surface area contributed by atoms with E-state index in [9.17, 15) is 5.11 Å². The van der Waals surface area contributed by atoms with Crippen LogP contribution in [0.5, 0.6) is 0 Å². The third kappa shape index (κ3) is 3.20. The molecule has 2 nitrogen and oxygen atoms in total. The van der Waals surface area contributed by atoms with Gasteiger partial charge in [0.1, 0.15) is 0 Å². The van der Waals surface area contributed by atoms with Crippen molar-refractivity contribution in [3.63, 3.8) is 0 Å². The minimum atomic E-state index is -0.330. The summed E-state index contributed by atoms with van der Waals surface area (Å²) in [5.41, 5.74) is 1.25. The lowest BCUT2D eigenvalue weighted by Crippen LogP contribution is -2.32. The molecule has 0 aliphatic heterocycles. The summed E-state index contributed by atoms with van der Waals surface area (Å²) in [6.07, 6.45) is -0.330. The summed E-state index contributed by atoms with van der Waals surface area (Å²) in [7, 11) is 4.12. The smallest absolute Gasteiger partial charge is 0.0644 e. The molecule has 108 valence electrons. The molecule has 2 heteroatoms. The van der Waals surface area contributed by atoms with Crippen LogP contribution in [0.1, 0.15) is 25.3 Å². The van der Waals surface area contributed by atoms with Gasteiger partial charge in [-0.3, -0.25) is 0 Å². The highest BCUT2D eigenvalue weighted by atomic mass is 16.3. The number of rotatable bonds is 5. The monoisotopic (exact) mass is 271 g/mol. The van der Waals surface area contributed by atoms with E-state index >= 15 is 0 Å². The van der Waals surface area contributed by atoms with Gasteiger partial charge in [-0.15, -0.1) is 0 Å². The number of fused-ring (bicyclic) bond motifs is 1. The molecule has 2 atom stereocenters. The number of aliphatic hydroxyl groups excluding tert-OH is 1. The van der Waals surface area contributed by atoms with Crippen LogP contribution < -0.4 is 0 Å². The molecule has 0 amide bonds. The second-order valence-corrected chi connectivity index (χ2v) is 6.17. The average Bonchev–Trinajstić information content (AvgIpc) is 2.43. The van der Waals surface area contributed by atoms with Crippen LogP contribution in [0.4, 0.5) is 0 Å². The molecule has 0 aliphatic carbocycles. The number of hydrogen-bond acceptors (Lipinski definition) is 2. The SMILES string of the molecule is CC(C)[C@H](O)[C@H](CN(C)C)c1cccc2ccccc12. The molecular formula is C18H25NO. The Kier molecular flexibility index (Phi) is 4.79. The van der Waals surface area contributed by atoms with Crippen LogP contribution >= 0.6 is 0 Å². The predicted molar refractivity (Wildman–Crippen MR) is 86.1 cm³/mol. The fourth-order valence-corrected chi connectivity index (χ4v) is 2.82. The van der Waals surface area contributed by atoms with Crippen LogP contribution in [0.3, 0.4) is 0 Å². The quantitative estimate of drug-likeness (QED) is 0.899. The Balaban J connectivity index is 2.50. The first-order chi connectivity index (χ1) is 9.50. The van der Waals surface area contributed by atoms with Gasteiger partial charge in [-0.2, -0.15) is 0 Å². The first-order valence-corrected chi connectivity index (χ1v) is 7.31. The van der Waals surface area contributed by atoms with Gasteiger partial charge in [-0.25, -0.2) is 0 Å². The van der Waals surface area contributed by atoms with Crippen molar-refractivity contribution in [1.82, 2.24) is 4.90 Å². The maximum absolute atomic E-state index is 10.6. The Morgan fingerprint density at radius 1 is 1.00 bits per heavy atom. The zero-order valence-electron chi connectivity index (χ0n) is 12.9.